The predicted molar refractivity (Wildman–Crippen MR) is 130 cm³/mol. The summed E-state index contributed by atoms with van der Waals surface area (Å²) < 4.78 is 0. The molecule has 7 nitrogen and oxygen atoms in total. The molecule has 0 aromatic heterocycles. The molecule has 0 aliphatic carbocycles. The van der Waals surface area contributed by atoms with Crippen LogP contribution in [-0.4, -0.2) is 33.7 Å². The van der Waals surface area contributed by atoms with Crippen LogP contribution in [0.2, 0.25) is 5.02 Å². The van der Waals surface area contributed by atoms with E-state index in [-0.39, 0.29) is 16.9 Å². The number of hydrogen-bond donors (Lipinski definition) is 2. The number of benzene rings is 3. The standard InChI is InChI=1S/C23H19ClN6OS/c24-17-11-13-18(14-12-17)26-15-20-22(31)30(23(25)32-20)29-21(16-7-3-1-4-8-16)28-27-19-9-5-2-6-10-19/h1-14,20,25-26H,15H2/b25-23?,28-27?,29-21-. The van der Waals surface area contributed by atoms with Crippen LogP contribution in [0.4, 0.5) is 11.4 Å². The molecule has 1 atom stereocenters. The molecule has 1 heterocycles. The number of rotatable bonds is 6. The average molecular weight is 463 g/mol. The lowest BCUT2D eigenvalue weighted by molar-refractivity contribution is -0.125. The van der Waals surface area contributed by atoms with E-state index in [9.17, 15) is 4.79 Å². The third-order valence-electron chi connectivity index (χ3n) is 4.51. The minimum atomic E-state index is -0.481. The fourth-order valence-corrected chi connectivity index (χ4v) is 3.88. The molecule has 1 saturated heterocycles. The van der Waals surface area contributed by atoms with Gasteiger partial charge < -0.3 is 5.32 Å². The summed E-state index contributed by atoms with van der Waals surface area (Å²) >= 11 is 7.06. The van der Waals surface area contributed by atoms with E-state index in [1.807, 2.05) is 72.8 Å². The summed E-state index contributed by atoms with van der Waals surface area (Å²) in [7, 11) is 0. The van der Waals surface area contributed by atoms with Gasteiger partial charge in [-0.1, -0.05) is 71.9 Å². The van der Waals surface area contributed by atoms with Gasteiger partial charge in [0.1, 0.15) is 5.25 Å². The number of thioether (sulfide) groups is 1. The Balaban J connectivity index is 1.54. The van der Waals surface area contributed by atoms with Crippen molar-refractivity contribution in [2.75, 3.05) is 11.9 Å². The van der Waals surface area contributed by atoms with Crippen molar-refractivity contribution in [1.82, 2.24) is 5.01 Å². The molecule has 160 valence electrons. The van der Waals surface area contributed by atoms with Gasteiger partial charge in [0.15, 0.2) is 5.17 Å². The van der Waals surface area contributed by atoms with Gasteiger partial charge in [-0.2, -0.15) is 5.01 Å². The van der Waals surface area contributed by atoms with Gasteiger partial charge in [-0.15, -0.1) is 15.3 Å². The molecule has 0 spiro atoms. The third kappa shape index (κ3) is 5.40. The second-order valence-electron chi connectivity index (χ2n) is 6.77. The van der Waals surface area contributed by atoms with Crippen molar-refractivity contribution in [3.63, 3.8) is 0 Å². The molecule has 9 heteroatoms. The number of amidine groups is 2. The topological polar surface area (TPSA) is 93.3 Å². The Kier molecular flexibility index (Phi) is 6.94. The highest BCUT2D eigenvalue weighted by Gasteiger charge is 2.37. The number of hydrazone groups is 1. The molecule has 32 heavy (non-hydrogen) atoms. The van der Waals surface area contributed by atoms with Crippen molar-refractivity contribution in [3.8, 4) is 0 Å². The number of amides is 1. The largest absolute Gasteiger partial charge is 0.383 e. The molecule has 2 N–H and O–H groups in total. The minimum Gasteiger partial charge on any atom is -0.383 e. The van der Waals surface area contributed by atoms with Crippen LogP contribution in [0.3, 0.4) is 0 Å². The van der Waals surface area contributed by atoms with E-state index in [2.05, 4.69) is 20.6 Å². The van der Waals surface area contributed by atoms with Crippen LogP contribution < -0.4 is 5.32 Å². The summed E-state index contributed by atoms with van der Waals surface area (Å²) in [5, 5.41) is 25.7. The summed E-state index contributed by atoms with van der Waals surface area (Å²) in [5.41, 5.74) is 2.21. The zero-order chi connectivity index (χ0) is 22.3. The lowest BCUT2D eigenvalue weighted by atomic mass is 10.2. The van der Waals surface area contributed by atoms with Gasteiger partial charge in [0.25, 0.3) is 5.91 Å². The molecule has 0 saturated carbocycles. The molecule has 1 amide bonds. The average Bonchev–Trinajstić information content (AvgIpc) is 3.10. The molecule has 1 fully saturated rings. The fraction of sp³-hybridized carbons (Fsp3) is 0.0870. The number of carbonyl (C=O) groups excluding carboxylic acids is 1. The highest BCUT2D eigenvalue weighted by atomic mass is 35.5. The summed E-state index contributed by atoms with van der Waals surface area (Å²) in [5.74, 6) is -0.0377. The van der Waals surface area contributed by atoms with Crippen LogP contribution in [0.1, 0.15) is 5.56 Å². The SMILES string of the molecule is N=C1SC(CNc2ccc(Cl)cc2)C(=O)N1/N=C(\N=Nc1ccccc1)c1ccccc1. The first-order valence-electron chi connectivity index (χ1n) is 9.79. The van der Waals surface area contributed by atoms with Gasteiger partial charge in [0.05, 0.1) is 5.69 Å². The Morgan fingerprint density at radius 3 is 2.34 bits per heavy atom. The van der Waals surface area contributed by atoms with Gasteiger partial charge >= 0.3 is 0 Å². The van der Waals surface area contributed by atoms with Crippen molar-refractivity contribution in [3.05, 3.63) is 95.5 Å². The van der Waals surface area contributed by atoms with Gasteiger partial charge in [0, 0.05) is 22.8 Å². The van der Waals surface area contributed by atoms with Crippen molar-refractivity contribution in [2.45, 2.75) is 5.25 Å². The second kappa shape index (κ2) is 10.2. The Labute approximate surface area is 194 Å². The van der Waals surface area contributed by atoms with Gasteiger partial charge in [-0.05, 0) is 36.4 Å². The molecule has 1 aliphatic rings. The smallest absolute Gasteiger partial charge is 0.264 e. The van der Waals surface area contributed by atoms with Crippen molar-refractivity contribution in [1.29, 1.82) is 5.41 Å². The maximum Gasteiger partial charge on any atom is 0.264 e. The molecule has 3 aromatic carbocycles. The highest BCUT2D eigenvalue weighted by Crippen LogP contribution is 2.28. The van der Waals surface area contributed by atoms with E-state index in [1.165, 1.54) is 0 Å². The summed E-state index contributed by atoms with van der Waals surface area (Å²) in [6.45, 7) is 0.353. The van der Waals surface area contributed by atoms with Crippen LogP contribution in [0.15, 0.2) is 100 Å². The number of hydrogen-bond acceptors (Lipinski definition) is 6. The summed E-state index contributed by atoms with van der Waals surface area (Å²) in [6.07, 6.45) is 0. The quantitative estimate of drug-likeness (QED) is 0.276. The Bertz CT molecular complexity index is 1150. The first-order chi connectivity index (χ1) is 15.6. The molecule has 0 bridgehead atoms. The van der Waals surface area contributed by atoms with Gasteiger partial charge in [-0.3, -0.25) is 10.2 Å². The zero-order valence-electron chi connectivity index (χ0n) is 16.9. The second-order valence-corrected chi connectivity index (χ2v) is 8.40. The summed E-state index contributed by atoms with van der Waals surface area (Å²) in [4.78, 5) is 13.0. The van der Waals surface area contributed by atoms with Crippen molar-refractivity contribution in [2.24, 2.45) is 15.3 Å². The number of anilines is 1. The van der Waals surface area contributed by atoms with E-state index >= 15 is 0 Å². The number of carbonyl (C=O) groups is 1. The maximum absolute atomic E-state index is 13.0. The number of azo groups is 1. The van der Waals surface area contributed by atoms with E-state index < -0.39 is 5.25 Å². The van der Waals surface area contributed by atoms with Crippen LogP contribution in [0, 0.1) is 5.41 Å². The molecule has 1 aliphatic heterocycles. The number of nitrogens with one attached hydrogen (secondary N) is 2. The Hall–Kier alpha value is -3.49. The van der Waals surface area contributed by atoms with E-state index in [4.69, 9.17) is 17.0 Å². The lowest BCUT2D eigenvalue weighted by Crippen LogP contribution is -2.31. The van der Waals surface area contributed by atoms with Crippen molar-refractivity contribution >= 4 is 51.6 Å². The first-order valence-corrected chi connectivity index (χ1v) is 11.1. The van der Waals surface area contributed by atoms with E-state index in [0.29, 0.717) is 22.8 Å². The number of nitrogens with zero attached hydrogens (tertiary/aromatic N) is 4. The molecular weight excluding hydrogens is 444 g/mol. The van der Waals surface area contributed by atoms with E-state index in [1.54, 1.807) is 12.1 Å². The lowest BCUT2D eigenvalue weighted by Gasteiger charge is -2.11. The van der Waals surface area contributed by atoms with Crippen LogP contribution in [0.5, 0.6) is 0 Å². The Morgan fingerprint density at radius 1 is 1.00 bits per heavy atom. The number of halogens is 1. The third-order valence-corrected chi connectivity index (χ3v) is 5.81. The van der Waals surface area contributed by atoms with E-state index in [0.717, 1.165) is 22.5 Å². The molecule has 0 radical (unpaired) electrons. The van der Waals surface area contributed by atoms with Gasteiger partial charge in [0.2, 0.25) is 5.84 Å². The Morgan fingerprint density at radius 2 is 1.66 bits per heavy atom. The van der Waals surface area contributed by atoms with Crippen molar-refractivity contribution < 1.29 is 4.79 Å². The molecule has 3 aromatic rings. The fourth-order valence-electron chi connectivity index (χ4n) is 2.89. The van der Waals surface area contributed by atoms with Gasteiger partial charge in [-0.25, -0.2) is 0 Å². The maximum atomic E-state index is 13.0. The molecule has 4 rings (SSSR count). The minimum absolute atomic E-state index is 0.0428. The first kappa shape index (κ1) is 21.7. The monoisotopic (exact) mass is 462 g/mol. The molecular formula is C23H19ClN6OS. The summed E-state index contributed by atoms with van der Waals surface area (Å²) in [6, 6.07) is 25.7. The van der Waals surface area contributed by atoms with Crippen LogP contribution in [-0.2, 0) is 4.79 Å². The highest BCUT2D eigenvalue weighted by molar-refractivity contribution is 8.15. The van der Waals surface area contributed by atoms with Crippen LogP contribution >= 0.6 is 23.4 Å². The van der Waals surface area contributed by atoms with Crippen LogP contribution in [0.25, 0.3) is 0 Å². The predicted octanol–water partition coefficient (Wildman–Crippen LogP) is 5.78. The molecule has 1 unspecified atom stereocenters. The normalized spacial score (nSPS) is 16.7. The zero-order valence-corrected chi connectivity index (χ0v) is 18.4.